The summed E-state index contributed by atoms with van der Waals surface area (Å²) in [6.07, 6.45) is 1.22. The normalized spacial score (nSPS) is 11.1. The molecule has 0 radical (unpaired) electrons. The van der Waals surface area contributed by atoms with E-state index in [4.69, 9.17) is 15.2 Å². The molecule has 0 fully saturated rings. The lowest BCUT2D eigenvalue weighted by Gasteiger charge is -1.95. The van der Waals surface area contributed by atoms with E-state index in [1.165, 1.54) is 48.5 Å². The van der Waals surface area contributed by atoms with Gasteiger partial charge in [-0.2, -0.15) is 8.42 Å². The molecule has 2 aromatic rings. The van der Waals surface area contributed by atoms with Gasteiger partial charge in [0.2, 0.25) is 0 Å². The summed E-state index contributed by atoms with van der Waals surface area (Å²) >= 11 is 0. The van der Waals surface area contributed by atoms with E-state index in [9.17, 15) is 26.4 Å². The van der Waals surface area contributed by atoms with Gasteiger partial charge in [-0.25, -0.2) is 8.42 Å². The lowest BCUT2D eigenvalue weighted by Crippen LogP contribution is -1.97. The topological polar surface area (TPSA) is 123 Å². The number of carbonyl (C=O) groups is 2. The highest BCUT2D eigenvalue weighted by Crippen LogP contribution is 2.14. The molecule has 24 heavy (non-hydrogen) atoms. The Labute approximate surface area is 143 Å². The van der Waals surface area contributed by atoms with Crippen LogP contribution in [0, 0.1) is 0 Å². The zero-order valence-electron chi connectivity index (χ0n) is 11.9. The lowest BCUT2D eigenvalue weighted by atomic mass is 10.2. The van der Waals surface area contributed by atoms with E-state index >= 15 is 0 Å². The largest absolute Gasteiger partial charge is 0.298 e. The van der Waals surface area contributed by atoms with Gasteiger partial charge in [0.1, 0.15) is 12.6 Å². The second-order valence-electron chi connectivity index (χ2n) is 4.29. The van der Waals surface area contributed by atoms with Crippen LogP contribution < -0.4 is 0 Å². The first-order valence-corrected chi connectivity index (χ1v) is 9.85. The molecule has 0 aromatic heterocycles. The van der Waals surface area contributed by atoms with Crippen molar-refractivity contribution in [3.63, 3.8) is 0 Å². The van der Waals surface area contributed by atoms with E-state index in [1.54, 1.807) is 0 Å². The van der Waals surface area contributed by atoms with Crippen molar-refractivity contribution in [1.29, 1.82) is 0 Å². The van der Waals surface area contributed by atoms with E-state index in [0.29, 0.717) is 23.7 Å². The minimum Gasteiger partial charge on any atom is -0.298 e. The van der Waals surface area contributed by atoms with Crippen LogP contribution in [-0.4, -0.2) is 34.0 Å². The first kappa shape index (κ1) is 20.0. The number of aldehydes is 2. The van der Waals surface area contributed by atoms with Crippen molar-refractivity contribution in [3.05, 3.63) is 59.7 Å². The maximum atomic E-state index is 10.7. The van der Waals surface area contributed by atoms with Gasteiger partial charge in [0.15, 0.2) is 0 Å². The zero-order valence-corrected chi connectivity index (χ0v) is 14.3. The molecule has 0 aliphatic heterocycles. The highest BCUT2D eigenvalue weighted by atomic mass is 35.7. The number of hydrogen-bond acceptors (Lipinski definition) is 6. The Hall–Kier alpha value is -2.07. The molecule has 0 bridgehead atoms. The monoisotopic (exact) mass is 390 g/mol. The van der Waals surface area contributed by atoms with Gasteiger partial charge in [0.05, 0.1) is 9.79 Å². The maximum Gasteiger partial charge on any atom is 0.294 e. The van der Waals surface area contributed by atoms with Crippen LogP contribution in [0.3, 0.4) is 0 Å². The molecule has 0 spiro atoms. The van der Waals surface area contributed by atoms with Crippen LogP contribution >= 0.6 is 10.7 Å². The van der Waals surface area contributed by atoms with Crippen molar-refractivity contribution in [3.8, 4) is 0 Å². The molecule has 2 aromatic carbocycles. The Morgan fingerprint density at radius 2 is 1.04 bits per heavy atom. The van der Waals surface area contributed by atoms with E-state index in [-0.39, 0.29) is 9.79 Å². The standard InChI is InChI=1S/C7H5ClO3S.C7H6O4S/c8-12(10,11)7-3-1-6(5-9)2-4-7;8-5-6-1-3-7(4-2-6)12(9,10)11/h1-5H;1-5H,(H,9,10,11). The van der Waals surface area contributed by atoms with Crippen LogP contribution in [0.25, 0.3) is 0 Å². The van der Waals surface area contributed by atoms with E-state index in [0.717, 1.165) is 0 Å². The summed E-state index contributed by atoms with van der Waals surface area (Å²) in [5.74, 6) is 0. The third-order valence-electron chi connectivity index (χ3n) is 2.61. The van der Waals surface area contributed by atoms with Crippen LogP contribution in [0.15, 0.2) is 58.3 Å². The Kier molecular flexibility index (Phi) is 6.79. The summed E-state index contributed by atoms with van der Waals surface area (Å²) in [5, 5.41) is 0. The minimum atomic E-state index is -4.14. The summed E-state index contributed by atoms with van der Waals surface area (Å²) in [6, 6.07) is 10.3. The van der Waals surface area contributed by atoms with Gasteiger partial charge < -0.3 is 0 Å². The summed E-state index contributed by atoms with van der Waals surface area (Å²) < 4.78 is 51.0. The first-order valence-electron chi connectivity index (χ1n) is 6.10. The van der Waals surface area contributed by atoms with Crippen LogP contribution in [0.1, 0.15) is 20.7 Å². The van der Waals surface area contributed by atoms with Gasteiger partial charge in [-0.05, 0) is 24.3 Å². The van der Waals surface area contributed by atoms with Gasteiger partial charge in [0.25, 0.3) is 19.2 Å². The predicted octanol–water partition coefficient (Wildman–Crippen LogP) is 2.17. The molecular formula is C14H11ClO7S2. The molecule has 128 valence electrons. The molecule has 0 saturated carbocycles. The Bertz CT molecular complexity index is 837. The SMILES string of the molecule is O=Cc1ccc(S(=O)(=O)Cl)cc1.O=Cc1ccc(S(=O)(=O)O)cc1. The Morgan fingerprint density at radius 1 is 0.708 bits per heavy atom. The summed E-state index contributed by atoms with van der Waals surface area (Å²) in [6.45, 7) is 0. The number of benzene rings is 2. The third kappa shape index (κ3) is 6.20. The summed E-state index contributed by atoms with van der Waals surface area (Å²) in [5.41, 5.74) is 0.779. The van der Waals surface area contributed by atoms with Crippen molar-refractivity contribution in [2.24, 2.45) is 0 Å². The van der Waals surface area contributed by atoms with Crippen molar-refractivity contribution in [2.75, 3.05) is 0 Å². The predicted molar refractivity (Wildman–Crippen MR) is 86.5 cm³/mol. The van der Waals surface area contributed by atoms with Crippen LogP contribution in [0.4, 0.5) is 0 Å². The quantitative estimate of drug-likeness (QED) is 0.482. The molecular weight excluding hydrogens is 380 g/mol. The zero-order chi connectivity index (χ0) is 18.4. The molecule has 7 nitrogen and oxygen atoms in total. The summed E-state index contributed by atoms with van der Waals surface area (Å²) in [4.78, 5) is 20.1. The Balaban J connectivity index is 0.000000240. The number of halogens is 1. The highest BCUT2D eigenvalue weighted by Gasteiger charge is 2.08. The summed E-state index contributed by atoms with van der Waals surface area (Å²) in [7, 11) is -2.78. The van der Waals surface area contributed by atoms with E-state index in [1.807, 2.05) is 0 Å². The van der Waals surface area contributed by atoms with Crippen LogP contribution in [0.5, 0.6) is 0 Å². The maximum absolute atomic E-state index is 10.7. The van der Waals surface area contributed by atoms with Gasteiger partial charge in [0, 0.05) is 21.8 Å². The molecule has 0 saturated heterocycles. The number of carbonyl (C=O) groups excluding carboxylic acids is 2. The number of rotatable bonds is 4. The molecule has 0 atom stereocenters. The molecule has 1 N–H and O–H groups in total. The molecule has 10 heteroatoms. The fourth-order valence-corrected chi connectivity index (χ4v) is 2.68. The van der Waals surface area contributed by atoms with Crippen molar-refractivity contribution in [2.45, 2.75) is 9.79 Å². The first-order chi connectivity index (χ1) is 11.1. The Morgan fingerprint density at radius 3 is 1.29 bits per heavy atom. The molecule has 0 heterocycles. The van der Waals surface area contributed by atoms with Crippen molar-refractivity contribution in [1.82, 2.24) is 0 Å². The van der Waals surface area contributed by atoms with E-state index < -0.39 is 19.2 Å². The number of hydrogen-bond donors (Lipinski definition) is 1. The smallest absolute Gasteiger partial charge is 0.294 e. The molecule has 0 aliphatic carbocycles. The second-order valence-corrected chi connectivity index (χ2v) is 8.27. The van der Waals surface area contributed by atoms with Crippen molar-refractivity contribution >= 4 is 42.4 Å². The molecule has 0 amide bonds. The van der Waals surface area contributed by atoms with Crippen molar-refractivity contribution < 1.29 is 31.0 Å². The minimum absolute atomic E-state index is 0.00485. The fourth-order valence-electron chi connectivity index (χ4n) is 1.43. The lowest BCUT2D eigenvalue weighted by molar-refractivity contribution is 0.111. The van der Waals surface area contributed by atoms with Gasteiger partial charge in [-0.1, -0.05) is 24.3 Å². The van der Waals surface area contributed by atoms with Crippen LogP contribution in [0.2, 0.25) is 0 Å². The molecule has 0 aliphatic rings. The molecule has 0 unspecified atom stereocenters. The van der Waals surface area contributed by atoms with Gasteiger partial charge in [-0.3, -0.25) is 14.1 Å². The average Bonchev–Trinajstić information content (AvgIpc) is 2.54. The van der Waals surface area contributed by atoms with Crippen LogP contribution in [-0.2, 0) is 19.2 Å². The second kappa shape index (κ2) is 8.15. The fraction of sp³-hybridized carbons (Fsp3) is 0. The van der Waals surface area contributed by atoms with E-state index in [2.05, 4.69) is 0 Å². The average molecular weight is 391 g/mol. The third-order valence-corrected chi connectivity index (χ3v) is 4.85. The molecule has 2 rings (SSSR count). The van der Waals surface area contributed by atoms with Gasteiger partial charge in [-0.15, -0.1) is 0 Å². The highest BCUT2D eigenvalue weighted by molar-refractivity contribution is 8.13. The van der Waals surface area contributed by atoms with Gasteiger partial charge >= 0.3 is 0 Å².